The minimum absolute atomic E-state index is 0.0528. The lowest BCUT2D eigenvalue weighted by Crippen LogP contribution is -2.39. The summed E-state index contributed by atoms with van der Waals surface area (Å²) in [5.74, 6) is 1.22. The number of aryl methyl sites for hydroxylation is 2. The standard InChI is InChI=1S/C51H65N10O11P/c1-4-59-23-12-15-30-25-34-38(27-36(30)59)71-39-28-37-31(16-13-24-60(37)5-2)26-35(39)42(34)32-17-8-9-18-33(32)48(66)58(3)22-14-19-41(62)53-20-10-6-7-11-21-54-51-55-43-46(56-50(52)57-47(43)65)61(51)49-45(64)44(63)40(72-49)29-70-73(67,68)69/h8-9,17-18,25-28,40,44-45,49,63-64H,4-7,10-16,19-24,29H2,1-3H3,(H6,52,53,57,62,65,66,67,68,69)/t40-,44-,45-,49-/m1/s1. The van der Waals surface area contributed by atoms with Gasteiger partial charge in [-0.25, -0.2) is 9.56 Å². The first-order valence-electron chi connectivity index (χ1n) is 25.4. The van der Waals surface area contributed by atoms with Gasteiger partial charge in [0, 0.05) is 91.8 Å². The average Bonchev–Trinajstić information content (AvgIpc) is 3.87. The molecule has 5 atom stereocenters. The van der Waals surface area contributed by atoms with Crippen LogP contribution in [-0.4, -0.2) is 129 Å². The molecule has 1 unspecified atom stereocenters. The third-order valence-corrected chi connectivity index (χ3v) is 14.7. The Morgan fingerprint density at radius 3 is 2.56 bits per heavy atom. The molecule has 9 rings (SSSR count). The van der Waals surface area contributed by atoms with E-state index in [1.165, 1.54) is 26.7 Å². The number of ether oxygens (including phenoxy) is 2. The van der Waals surface area contributed by atoms with Crippen LogP contribution in [0.4, 0.5) is 17.6 Å². The lowest BCUT2D eigenvalue weighted by atomic mass is 9.86. The quantitative estimate of drug-likeness (QED) is 0.0327. The number of unbranched alkanes of at least 4 members (excludes halogenated alkanes) is 3. The van der Waals surface area contributed by atoms with Crippen molar-refractivity contribution in [3.63, 3.8) is 0 Å². The van der Waals surface area contributed by atoms with Crippen LogP contribution in [0.15, 0.2) is 53.3 Å². The number of nitrogen functional groups attached to an aromatic ring is 1. The van der Waals surface area contributed by atoms with Crippen molar-refractivity contribution in [3.8, 4) is 11.5 Å². The summed E-state index contributed by atoms with van der Waals surface area (Å²) in [5, 5.41) is 29.8. The number of imidazole rings is 1. The predicted octanol–water partition coefficient (Wildman–Crippen LogP) is 2.02. The fraction of sp³-hybridized carbons (Fsp3) is 0.490. The number of phosphoric acid groups is 1. The molecule has 21 nitrogen and oxygen atoms in total. The van der Waals surface area contributed by atoms with Gasteiger partial charge in [-0.15, -0.1) is 0 Å². The molecule has 4 aliphatic heterocycles. The number of anilines is 3. The third kappa shape index (κ3) is 11.0. The molecule has 22 heteroatoms. The number of hydrogen-bond acceptors (Lipinski definition) is 15. The number of amides is 2. The molecule has 1 saturated heterocycles. The van der Waals surface area contributed by atoms with E-state index in [9.17, 15) is 34.1 Å². The number of nitrogens with one attached hydrogen (secondary N) is 3. The van der Waals surface area contributed by atoms with Gasteiger partial charge < -0.3 is 60.2 Å². The van der Waals surface area contributed by atoms with Crippen LogP contribution >= 0.6 is 7.82 Å². The SMILES string of the molecule is CCN1CCCc2cc3c(cc21)Oc1cc2c(cc1=C3c1ccccc1C(=O)N(C)CCCC(=O)NCCCCCCNc1nc3c(=O)[nH]c(N)nc3n1[C@@H]1O[C@H](COP(=O)([O-])O)[C@@H](O)[C@H]1O)CCC[N+]=2CC. The van der Waals surface area contributed by atoms with Crippen molar-refractivity contribution in [2.45, 2.75) is 103 Å². The molecule has 0 spiro atoms. The number of nitrogens with two attached hydrogens (primary N) is 1. The molecule has 73 heavy (non-hydrogen) atoms. The van der Waals surface area contributed by atoms with Gasteiger partial charge in [0.15, 0.2) is 17.4 Å². The molecule has 4 aliphatic rings. The number of nitrogens with zero attached hydrogens (tertiary/aromatic N) is 6. The fourth-order valence-corrected chi connectivity index (χ4v) is 10.9. The number of carbonyl (C=O) groups excluding carboxylic acids is 2. The Morgan fingerprint density at radius 1 is 1.00 bits per heavy atom. The first-order chi connectivity index (χ1) is 35.1. The third-order valence-electron chi connectivity index (χ3n) is 14.3. The van der Waals surface area contributed by atoms with Gasteiger partial charge in [0.2, 0.25) is 23.2 Å². The predicted molar refractivity (Wildman–Crippen MR) is 272 cm³/mol. The Bertz CT molecular complexity index is 3140. The molecule has 8 N–H and O–H groups in total. The highest BCUT2D eigenvalue weighted by molar-refractivity contribution is 7.44. The number of aromatic amines is 1. The van der Waals surface area contributed by atoms with Crippen molar-refractivity contribution in [3.05, 3.63) is 97.3 Å². The van der Waals surface area contributed by atoms with Crippen molar-refractivity contribution >= 4 is 54.0 Å². The Kier molecular flexibility index (Phi) is 15.7. The zero-order chi connectivity index (χ0) is 51.6. The van der Waals surface area contributed by atoms with Crippen molar-refractivity contribution in [2.24, 2.45) is 0 Å². The summed E-state index contributed by atoms with van der Waals surface area (Å²) in [4.78, 5) is 75.3. The number of H-pyrrole nitrogens is 1. The second-order valence-electron chi connectivity index (χ2n) is 19.1. The summed E-state index contributed by atoms with van der Waals surface area (Å²) in [6, 6.07) is 16.8. The molecule has 3 aromatic carbocycles. The van der Waals surface area contributed by atoms with Gasteiger partial charge in [0.25, 0.3) is 19.3 Å². The van der Waals surface area contributed by atoms with Gasteiger partial charge in [0.05, 0.1) is 12.7 Å². The van der Waals surface area contributed by atoms with E-state index < -0.39 is 44.5 Å². The highest BCUT2D eigenvalue weighted by Gasteiger charge is 2.46. The second kappa shape index (κ2) is 22.1. The minimum atomic E-state index is -5.15. The van der Waals surface area contributed by atoms with Gasteiger partial charge >= 0.3 is 0 Å². The maximum Gasteiger partial charge on any atom is 0.280 e. The van der Waals surface area contributed by atoms with Gasteiger partial charge in [-0.3, -0.25) is 28.5 Å². The lowest BCUT2D eigenvalue weighted by molar-refractivity contribution is -0.222. The van der Waals surface area contributed by atoms with Crippen LogP contribution in [0.3, 0.4) is 0 Å². The Hall–Kier alpha value is -6.19. The summed E-state index contributed by atoms with van der Waals surface area (Å²) < 4.78 is 31.8. The number of hydrogen-bond donors (Lipinski definition) is 7. The van der Waals surface area contributed by atoms with Gasteiger partial charge in [0.1, 0.15) is 42.9 Å². The molecule has 6 heterocycles. The van der Waals surface area contributed by atoms with E-state index >= 15 is 0 Å². The fourth-order valence-electron chi connectivity index (χ4n) is 10.6. The van der Waals surface area contributed by atoms with E-state index in [4.69, 9.17) is 20.1 Å². The van der Waals surface area contributed by atoms with Crippen LogP contribution in [0.1, 0.15) is 104 Å². The van der Waals surface area contributed by atoms with Gasteiger partial charge in [-0.1, -0.05) is 31.0 Å². The molecule has 1 fully saturated rings. The van der Waals surface area contributed by atoms with Crippen molar-refractivity contribution in [2.75, 3.05) is 75.4 Å². The van der Waals surface area contributed by atoms with E-state index in [0.29, 0.717) is 38.0 Å². The summed E-state index contributed by atoms with van der Waals surface area (Å²) in [5.41, 5.74) is 12.2. The molecule has 5 aromatic rings. The number of aromatic nitrogens is 4. The Labute approximate surface area is 421 Å². The van der Waals surface area contributed by atoms with E-state index in [-0.39, 0.29) is 41.3 Å². The average molecular weight is 1030 g/mol. The van der Waals surface area contributed by atoms with E-state index in [2.05, 4.69) is 77.7 Å². The molecule has 0 radical (unpaired) electrons. The molecule has 0 aliphatic carbocycles. The molecule has 390 valence electrons. The summed E-state index contributed by atoms with van der Waals surface area (Å²) in [6.45, 7) is 8.67. The number of rotatable bonds is 20. The zero-order valence-electron chi connectivity index (χ0n) is 41.5. The smallest absolute Gasteiger partial charge is 0.280 e. The first-order valence-corrected chi connectivity index (χ1v) is 26.9. The van der Waals surface area contributed by atoms with Crippen LogP contribution in [0.2, 0.25) is 0 Å². The largest absolute Gasteiger partial charge is 0.756 e. The minimum Gasteiger partial charge on any atom is -0.756 e. The summed E-state index contributed by atoms with van der Waals surface area (Å²) in [7, 11) is -3.37. The van der Waals surface area contributed by atoms with Crippen LogP contribution < -0.4 is 51.6 Å². The zero-order valence-corrected chi connectivity index (χ0v) is 42.4. The van der Waals surface area contributed by atoms with Crippen molar-refractivity contribution in [1.82, 2.24) is 34.3 Å². The van der Waals surface area contributed by atoms with Crippen LogP contribution in [0.25, 0.3) is 16.7 Å². The monoisotopic (exact) mass is 1020 g/mol. The van der Waals surface area contributed by atoms with E-state index in [1.807, 2.05) is 24.3 Å². The Balaban J connectivity index is 0.788. The molecule has 0 bridgehead atoms. The van der Waals surface area contributed by atoms with Crippen molar-refractivity contribution in [1.29, 1.82) is 0 Å². The van der Waals surface area contributed by atoms with Gasteiger partial charge in [-0.2, -0.15) is 4.98 Å². The molecular weight excluding hydrogens is 960 g/mol. The molecule has 2 aromatic heterocycles. The van der Waals surface area contributed by atoms with Crippen LogP contribution in [0, 0.1) is 0 Å². The highest BCUT2D eigenvalue weighted by Crippen LogP contribution is 2.43. The number of phosphoric ester groups is 1. The molecule has 0 saturated carbocycles. The van der Waals surface area contributed by atoms with E-state index in [0.717, 1.165) is 105 Å². The van der Waals surface area contributed by atoms with Gasteiger partial charge in [-0.05, 0) is 81.7 Å². The second-order valence-corrected chi connectivity index (χ2v) is 20.3. The first kappa shape index (κ1) is 51.7. The molecular formula is C51H65N10O11P. The number of fused-ring (bicyclic) bond motifs is 5. The lowest BCUT2D eigenvalue weighted by Gasteiger charge is -2.33. The van der Waals surface area contributed by atoms with E-state index in [1.54, 1.807) is 11.9 Å². The maximum atomic E-state index is 14.5. The topological polar surface area (TPSA) is 286 Å². The molecule has 2 amide bonds. The van der Waals surface area contributed by atoms with Crippen molar-refractivity contribution < 1.29 is 48.2 Å². The number of benzene rings is 3. The van der Waals surface area contributed by atoms with Crippen LogP contribution in [0.5, 0.6) is 11.5 Å². The number of carbonyl (C=O) groups is 2. The maximum absolute atomic E-state index is 14.5. The normalized spacial score (nSPS) is 19.9. The number of aliphatic hydroxyl groups excluding tert-OH is 2. The highest BCUT2D eigenvalue weighted by atomic mass is 31.2. The van der Waals surface area contributed by atoms with Crippen LogP contribution in [-0.2, 0) is 31.5 Å². The summed E-state index contributed by atoms with van der Waals surface area (Å²) >= 11 is 0. The Morgan fingerprint density at radius 2 is 1.78 bits per heavy atom. The number of aliphatic hydroxyl groups is 2. The summed E-state index contributed by atoms with van der Waals surface area (Å²) in [6.07, 6.45) is 1.78.